The third kappa shape index (κ3) is 7.52. The third-order valence-corrected chi connectivity index (χ3v) is 5.67. The maximum Gasteiger partial charge on any atom is 0.243 e. The molecule has 1 amide bonds. The van der Waals surface area contributed by atoms with Crippen LogP contribution in [0.3, 0.4) is 0 Å². The van der Waals surface area contributed by atoms with Crippen LogP contribution in [0.25, 0.3) is 0 Å². The predicted molar refractivity (Wildman–Crippen MR) is 109 cm³/mol. The number of rotatable bonds is 7. The molecule has 1 atom stereocenters. The van der Waals surface area contributed by atoms with E-state index in [-0.39, 0.29) is 12.5 Å². The number of carbonyl (C=O) groups excluding carboxylic acids is 1. The first-order chi connectivity index (χ1) is 12.6. The van der Waals surface area contributed by atoms with Crippen molar-refractivity contribution in [3.8, 4) is 0 Å². The summed E-state index contributed by atoms with van der Waals surface area (Å²) in [5.74, 6) is 0.843. The van der Waals surface area contributed by atoms with Gasteiger partial charge in [0.15, 0.2) is 5.96 Å². The van der Waals surface area contributed by atoms with Gasteiger partial charge in [0.25, 0.3) is 0 Å². The molecule has 0 radical (unpaired) electrons. The van der Waals surface area contributed by atoms with E-state index >= 15 is 0 Å². The first kappa shape index (κ1) is 21.0. The summed E-state index contributed by atoms with van der Waals surface area (Å²) in [6.45, 7) is 5.83. The van der Waals surface area contributed by atoms with Crippen molar-refractivity contribution in [2.45, 2.75) is 76.8 Å². The lowest BCUT2D eigenvalue weighted by Crippen LogP contribution is -2.46. The Balaban J connectivity index is 1.78. The number of guanidine groups is 1. The molecule has 2 N–H and O–H groups in total. The summed E-state index contributed by atoms with van der Waals surface area (Å²) in [4.78, 5) is 20.6. The van der Waals surface area contributed by atoms with Crippen LogP contribution in [0.4, 0.5) is 0 Å². The number of hydrogen-bond acceptors (Lipinski definition) is 3. The van der Waals surface area contributed by atoms with Gasteiger partial charge in [0, 0.05) is 39.3 Å². The second-order valence-electron chi connectivity index (χ2n) is 8.09. The smallest absolute Gasteiger partial charge is 0.243 e. The highest BCUT2D eigenvalue weighted by Gasteiger charge is 2.18. The highest BCUT2D eigenvalue weighted by atomic mass is 16.2. The molecule has 1 aliphatic carbocycles. The van der Waals surface area contributed by atoms with Gasteiger partial charge < -0.3 is 20.4 Å². The average molecular weight is 366 g/mol. The van der Waals surface area contributed by atoms with Crippen molar-refractivity contribution in [3.63, 3.8) is 0 Å². The molecule has 1 aliphatic heterocycles. The van der Waals surface area contributed by atoms with E-state index in [2.05, 4.69) is 27.4 Å². The maximum absolute atomic E-state index is 11.9. The van der Waals surface area contributed by atoms with E-state index in [1.165, 1.54) is 57.9 Å². The number of aliphatic imine (C=N–C) groups is 1. The molecule has 0 bridgehead atoms. The number of likely N-dealkylation sites (tertiary alicyclic amines) is 1. The van der Waals surface area contributed by atoms with E-state index in [4.69, 9.17) is 0 Å². The molecule has 6 nitrogen and oxygen atoms in total. The topological polar surface area (TPSA) is 60.0 Å². The first-order valence-corrected chi connectivity index (χ1v) is 10.6. The number of nitrogens with one attached hydrogen (secondary N) is 2. The molecule has 0 spiro atoms. The van der Waals surface area contributed by atoms with Gasteiger partial charge in [-0.05, 0) is 45.6 Å². The summed E-state index contributed by atoms with van der Waals surface area (Å²) in [6.07, 6.45) is 11.5. The third-order valence-electron chi connectivity index (χ3n) is 5.67. The molecule has 1 saturated carbocycles. The van der Waals surface area contributed by atoms with Crippen molar-refractivity contribution in [3.05, 3.63) is 0 Å². The highest BCUT2D eigenvalue weighted by Crippen LogP contribution is 2.17. The van der Waals surface area contributed by atoms with E-state index in [0.29, 0.717) is 6.04 Å². The van der Waals surface area contributed by atoms with Gasteiger partial charge in [0.1, 0.15) is 6.54 Å². The Morgan fingerprint density at radius 3 is 2.54 bits per heavy atom. The fraction of sp³-hybridized carbons (Fsp3) is 0.900. The van der Waals surface area contributed by atoms with Crippen molar-refractivity contribution in [2.24, 2.45) is 4.99 Å². The van der Waals surface area contributed by atoms with Gasteiger partial charge in [-0.3, -0.25) is 4.79 Å². The zero-order valence-corrected chi connectivity index (χ0v) is 17.1. The van der Waals surface area contributed by atoms with Gasteiger partial charge >= 0.3 is 0 Å². The average Bonchev–Trinajstić information content (AvgIpc) is 2.64. The van der Waals surface area contributed by atoms with Crippen LogP contribution in [0.5, 0.6) is 0 Å². The Labute approximate surface area is 159 Å². The van der Waals surface area contributed by atoms with Crippen LogP contribution < -0.4 is 10.6 Å². The zero-order valence-electron chi connectivity index (χ0n) is 17.1. The number of likely N-dealkylation sites (N-methyl/N-ethyl adjacent to an activating group) is 1. The molecule has 1 heterocycles. The SMILES string of the molecule is CC1CCCCN1CCCNC(=NCC(=O)N(C)C)NC1CCCCC1. The summed E-state index contributed by atoms with van der Waals surface area (Å²) in [6, 6.07) is 1.21. The molecule has 6 heteroatoms. The number of piperidine rings is 1. The molecular weight excluding hydrogens is 326 g/mol. The normalized spacial score (nSPS) is 22.9. The number of nitrogens with zero attached hydrogens (tertiary/aromatic N) is 3. The molecule has 1 saturated heterocycles. The molecule has 1 unspecified atom stereocenters. The minimum absolute atomic E-state index is 0.0388. The fourth-order valence-corrected chi connectivity index (χ4v) is 3.86. The lowest BCUT2D eigenvalue weighted by atomic mass is 9.96. The van der Waals surface area contributed by atoms with Crippen molar-refractivity contribution in [2.75, 3.05) is 40.3 Å². The lowest BCUT2D eigenvalue weighted by Gasteiger charge is -2.33. The van der Waals surface area contributed by atoms with E-state index in [0.717, 1.165) is 31.5 Å². The minimum atomic E-state index is 0.0388. The minimum Gasteiger partial charge on any atom is -0.356 e. The summed E-state index contributed by atoms with van der Waals surface area (Å²) in [5.41, 5.74) is 0. The summed E-state index contributed by atoms with van der Waals surface area (Å²) in [7, 11) is 3.55. The maximum atomic E-state index is 11.9. The highest BCUT2D eigenvalue weighted by molar-refractivity contribution is 5.84. The predicted octanol–water partition coefficient (Wildman–Crippen LogP) is 2.21. The van der Waals surface area contributed by atoms with Gasteiger partial charge in [-0.1, -0.05) is 25.7 Å². The number of hydrogen-bond donors (Lipinski definition) is 2. The Kier molecular flexibility index (Phi) is 9.23. The van der Waals surface area contributed by atoms with Crippen LogP contribution in [0.15, 0.2) is 4.99 Å². The van der Waals surface area contributed by atoms with Gasteiger partial charge in [-0.2, -0.15) is 0 Å². The molecule has 0 aromatic heterocycles. The van der Waals surface area contributed by atoms with Crippen molar-refractivity contribution >= 4 is 11.9 Å². The first-order valence-electron chi connectivity index (χ1n) is 10.6. The van der Waals surface area contributed by atoms with Crippen LogP contribution >= 0.6 is 0 Å². The van der Waals surface area contributed by atoms with E-state index in [1.54, 1.807) is 19.0 Å². The Hall–Kier alpha value is -1.30. The molecular formula is C20H39N5O. The number of carbonyl (C=O) groups is 1. The quantitative estimate of drug-likeness (QED) is 0.413. The molecule has 2 aliphatic rings. The molecule has 0 aromatic carbocycles. The Morgan fingerprint density at radius 1 is 1.12 bits per heavy atom. The van der Waals surface area contributed by atoms with E-state index < -0.39 is 0 Å². The monoisotopic (exact) mass is 365 g/mol. The van der Waals surface area contributed by atoms with Gasteiger partial charge in [-0.15, -0.1) is 0 Å². The Morgan fingerprint density at radius 2 is 1.85 bits per heavy atom. The zero-order chi connectivity index (χ0) is 18.8. The van der Waals surface area contributed by atoms with Crippen molar-refractivity contribution in [1.82, 2.24) is 20.4 Å². The van der Waals surface area contributed by atoms with Crippen LogP contribution in [-0.4, -0.2) is 74.0 Å². The van der Waals surface area contributed by atoms with Crippen molar-refractivity contribution < 1.29 is 4.79 Å². The molecule has 150 valence electrons. The molecule has 0 aromatic rings. The van der Waals surface area contributed by atoms with Crippen molar-refractivity contribution in [1.29, 1.82) is 0 Å². The van der Waals surface area contributed by atoms with Gasteiger partial charge in [-0.25, -0.2) is 4.99 Å². The second-order valence-corrected chi connectivity index (χ2v) is 8.09. The van der Waals surface area contributed by atoms with Crippen LogP contribution in [-0.2, 0) is 4.79 Å². The van der Waals surface area contributed by atoms with Crippen LogP contribution in [0.1, 0.15) is 64.7 Å². The lowest BCUT2D eigenvalue weighted by molar-refractivity contribution is -0.127. The largest absolute Gasteiger partial charge is 0.356 e. The second kappa shape index (κ2) is 11.4. The Bertz CT molecular complexity index is 445. The fourth-order valence-electron chi connectivity index (χ4n) is 3.86. The van der Waals surface area contributed by atoms with Crippen LogP contribution in [0.2, 0.25) is 0 Å². The van der Waals surface area contributed by atoms with Gasteiger partial charge in [0.05, 0.1) is 0 Å². The summed E-state index contributed by atoms with van der Waals surface area (Å²) < 4.78 is 0. The number of amides is 1. The van der Waals surface area contributed by atoms with Gasteiger partial charge in [0.2, 0.25) is 5.91 Å². The standard InChI is InChI=1S/C20H39N5O/c1-17-10-7-8-14-25(17)15-9-13-21-20(22-16-19(26)24(2)3)23-18-11-5-4-6-12-18/h17-18H,4-16H2,1-3H3,(H2,21,22,23). The molecule has 2 rings (SSSR count). The van der Waals surface area contributed by atoms with E-state index in [1.807, 2.05) is 0 Å². The molecule has 2 fully saturated rings. The van der Waals surface area contributed by atoms with Crippen LogP contribution in [0, 0.1) is 0 Å². The van der Waals surface area contributed by atoms with E-state index in [9.17, 15) is 4.79 Å². The molecule has 26 heavy (non-hydrogen) atoms. The summed E-state index contributed by atoms with van der Waals surface area (Å²) >= 11 is 0. The summed E-state index contributed by atoms with van der Waals surface area (Å²) in [5, 5.41) is 7.01.